The van der Waals surface area contributed by atoms with Crippen molar-refractivity contribution in [2.45, 2.75) is 38.0 Å². The standard InChI is InChI=1S/C10H18N2S/c1-4-12(5-2)10(7-11)6-9(3)13-8-10/h9H,4-6,8H2,1-3H3. The third kappa shape index (κ3) is 2.00. The van der Waals surface area contributed by atoms with Crippen molar-refractivity contribution in [1.82, 2.24) is 4.90 Å². The molecule has 3 heteroatoms. The zero-order valence-corrected chi connectivity index (χ0v) is 9.52. The largest absolute Gasteiger partial charge is 0.285 e. The first-order valence-corrected chi connectivity index (χ1v) is 6.01. The van der Waals surface area contributed by atoms with Crippen molar-refractivity contribution in [3.63, 3.8) is 0 Å². The Labute approximate surface area is 85.3 Å². The number of nitriles is 1. The van der Waals surface area contributed by atoms with E-state index in [1.165, 1.54) is 0 Å². The summed E-state index contributed by atoms with van der Waals surface area (Å²) in [5.74, 6) is 0.979. The molecule has 0 radical (unpaired) electrons. The number of nitrogens with zero attached hydrogens (tertiary/aromatic N) is 2. The van der Waals surface area contributed by atoms with E-state index in [2.05, 4.69) is 31.7 Å². The van der Waals surface area contributed by atoms with E-state index < -0.39 is 0 Å². The van der Waals surface area contributed by atoms with Gasteiger partial charge >= 0.3 is 0 Å². The first-order chi connectivity index (χ1) is 6.18. The van der Waals surface area contributed by atoms with Crippen LogP contribution in [-0.4, -0.2) is 34.5 Å². The van der Waals surface area contributed by atoms with Gasteiger partial charge < -0.3 is 0 Å². The van der Waals surface area contributed by atoms with Gasteiger partial charge in [0.1, 0.15) is 5.54 Å². The van der Waals surface area contributed by atoms with E-state index in [0.717, 1.165) is 25.3 Å². The maximum Gasteiger partial charge on any atom is 0.119 e. The molecule has 74 valence electrons. The van der Waals surface area contributed by atoms with Gasteiger partial charge in [0.2, 0.25) is 0 Å². The Balaban J connectivity index is 2.76. The van der Waals surface area contributed by atoms with Crippen LogP contribution in [0.1, 0.15) is 27.2 Å². The monoisotopic (exact) mass is 198 g/mol. The van der Waals surface area contributed by atoms with Gasteiger partial charge in [0, 0.05) is 11.0 Å². The molecule has 0 aliphatic carbocycles. The second-order valence-corrected chi connectivity index (χ2v) is 5.07. The van der Waals surface area contributed by atoms with Crippen LogP contribution in [0.3, 0.4) is 0 Å². The van der Waals surface area contributed by atoms with Crippen LogP contribution < -0.4 is 0 Å². The van der Waals surface area contributed by atoms with Crippen molar-refractivity contribution >= 4 is 11.8 Å². The van der Waals surface area contributed by atoms with Gasteiger partial charge in [0.05, 0.1) is 6.07 Å². The molecule has 1 aliphatic heterocycles. The molecule has 2 nitrogen and oxygen atoms in total. The zero-order valence-electron chi connectivity index (χ0n) is 8.71. The highest BCUT2D eigenvalue weighted by Crippen LogP contribution is 2.37. The highest BCUT2D eigenvalue weighted by atomic mass is 32.2. The normalized spacial score (nSPS) is 33.6. The molecule has 1 fully saturated rings. The summed E-state index contributed by atoms with van der Waals surface area (Å²) in [7, 11) is 0. The van der Waals surface area contributed by atoms with E-state index in [9.17, 15) is 5.26 Å². The van der Waals surface area contributed by atoms with Crippen LogP contribution in [0.25, 0.3) is 0 Å². The smallest absolute Gasteiger partial charge is 0.119 e. The summed E-state index contributed by atoms with van der Waals surface area (Å²) >= 11 is 1.92. The molecule has 0 N–H and O–H groups in total. The Bertz CT molecular complexity index is 207. The average molecular weight is 198 g/mol. The molecule has 0 aromatic rings. The van der Waals surface area contributed by atoms with Crippen LogP contribution in [0.5, 0.6) is 0 Å². The lowest BCUT2D eigenvalue weighted by atomic mass is 9.96. The highest BCUT2D eigenvalue weighted by molar-refractivity contribution is 8.00. The first-order valence-electron chi connectivity index (χ1n) is 4.96. The van der Waals surface area contributed by atoms with E-state index in [1.807, 2.05) is 11.8 Å². The van der Waals surface area contributed by atoms with Crippen molar-refractivity contribution in [2.75, 3.05) is 18.8 Å². The molecule has 0 amide bonds. The highest BCUT2D eigenvalue weighted by Gasteiger charge is 2.42. The fourth-order valence-corrected chi connectivity index (χ4v) is 3.39. The fraction of sp³-hybridized carbons (Fsp3) is 0.900. The third-order valence-electron chi connectivity index (χ3n) is 2.81. The Morgan fingerprint density at radius 2 is 2.15 bits per heavy atom. The average Bonchev–Trinajstić information content (AvgIpc) is 2.51. The number of thioether (sulfide) groups is 1. The predicted octanol–water partition coefficient (Wildman–Crippen LogP) is 2.12. The van der Waals surface area contributed by atoms with Crippen LogP contribution in [-0.2, 0) is 0 Å². The molecular formula is C10H18N2S. The molecule has 0 aromatic heterocycles. The molecule has 1 rings (SSSR count). The Morgan fingerprint density at radius 3 is 2.46 bits per heavy atom. The van der Waals surface area contributed by atoms with Gasteiger partial charge in [-0.05, 0) is 19.5 Å². The zero-order chi connectivity index (χ0) is 9.90. The minimum Gasteiger partial charge on any atom is -0.285 e. The Kier molecular flexibility index (Phi) is 3.63. The molecule has 1 aliphatic rings. The molecule has 2 atom stereocenters. The first kappa shape index (κ1) is 10.9. The van der Waals surface area contributed by atoms with Gasteiger partial charge in [-0.25, -0.2) is 0 Å². The van der Waals surface area contributed by atoms with Gasteiger partial charge in [-0.1, -0.05) is 20.8 Å². The van der Waals surface area contributed by atoms with Crippen molar-refractivity contribution in [3.05, 3.63) is 0 Å². The van der Waals surface area contributed by atoms with Gasteiger partial charge in [-0.2, -0.15) is 17.0 Å². The molecular weight excluding hydrogens is 180 g/mol. The number of hydrogen-bond acceptors (Lipinski definition) is 3. The molecule has 1 saturated heterocycles. The molecule has 2 unspecified atom stereocenters. The van der Waals surface area contributed by atoms with E-state index >= 15 is 0 Å². The maximum atomic E-state index is 9.26. The van der Waals surface area contributed by atoms with E-state index in [1.54, 1.807) is 0 Å². The lowest BCUT2D eigenvalue weighted by Gasteiger charge is -2.33. The fourth-order valence-electron chi connectivity index (χ4n) is 2.07. The SMILES string of the molecule is CCN(CC)C1(C#N)CSC(C)C1. The second kappa shape index (κ2) is 4.34. The van der Waals surface area contributed by atoms with Crippen LogP contribution in [0.15, 0.2) is 0 Å². The minimum atomic E-state index is -0.173. The molecule has 0 aromatic carbocycles. The topological polar surface area (TPSA) is 27.0 Å². The van der Waals surface area contributed by atoms with E-state index in [0.29, 0.717) is 5.25 Å². The summed E-state index contributed by atoms with van der Waals surface area (Å²) in [6.07, 6.45) is 1.02. The number of rotatable bonds is 3. The Morgan fingerprint density at radius 1 is 1.54 bits per heavy atom. The summed E-state index contributed by atoms with van der Waals surface area (Å²) in [6, 6.07) is 2.51. The van der Waals surface area contributed by atoms with E-state index in [4.69, 9.17) is 0 Å². The third-order valence-corrected chi connectivity index (χ3v) is 4.19. The second-order valence-electron chi connectivity index (χ2n) is 3.64. The maximum absolute atomic E-state index is 9.26. The van der Waals surface area contributed by atoms with Gasteiger partial charge in [0.25, 0.3) is 0 Å². The van der Waals surface area contributed by atoms with Crippen molar-refractivity contribution in [2.24, 2.45) is 0 Å². The van der Waals surface area contributed by atoms with Crippen molar-refractivity contribution < 1.29 is 0 Å². The lowest BCUT2D eigenvalue weighted by Crippen LogP contribution is -2.47. The van der Waals surface area contributed by atoms with Crippen molar-refractivity contribution in [1.29, 1.82) is 5.26 Å². The van der Waals surface area contributed by atoms with Crippen molar-refractivity contribution in [3.8, 4) is 6.07 Å². The van der Waals surface area contributed by atoms with Gasteiger partial charge in [-0.3, -0.25) is 4.90 Å². The Hall–Kier alpha value is -0.200. The van der Waals surface area contributed by atoms with Crippen LogP contribution in [0.2, 0.25) is 0 Å². The van der Waals surface area contributed by atoms with Crippen LogP contribution in [0.4, 0.5) is 0 Å². The molecule has 13 heavy (non-hydrogen) atoms. The summed E-state index contributed by atoms with van der Waals surface area (Å²) in [5, 5.41) is 9.90. The quantitative estimate of drug-likeness (QED) is 0.695. The summed E-state index contributed by atoms with van der Waals surface area (Å²) in [6.45, 7) is 8.45. The molecule has 0 saturated carbocycles. The molecule has 0 bridgehead atoms. The molecule has 0 spiro atoms. The summed E-state index contributed by atoms with van der Waals surface area (Å²) in [4.78, 5) is 2.30. The number of hydrogen-bond donors (Lipinski definition) is 0. The minimum absolute atomic E-state index is 0.173. The molecule has 1 heterocycles. The van der Waals surface area contributed by atoms with Crippen LogP contribution >= 0.6 is 11.8 Å². The lowest BCUT2D eigenvalue weighted by molar-refractivity contribution is 0.171. The van der Waals surface area contributed by atoms with Gasteiger partial charge in [-0.15, -0.1) is 0 Å². The van der Waals surface area contributed by atoms with E-state index in [-0.39, 0.29) is 5.54 Å². The predicted molar refractivity (Wildman–Crippen MR) is 57.8 cm³/mol. The summed E-state index contributed by atoms with van der Waals surface area (Å²) < 4.78 is 0. The summed E-state index contributed by atoms with van der Waals surface area (Å²) in [5.41, 5.74) is -0.173. The van der Waals surface area contributed by atoms with Gasteiger partial charge in [0.15, 0.2) is 0 Å². The van der Waals surface area contributed by atoms with Crippen LogP contribution in [0, 0.1) is 11.3 Å².